The molecule has 5 aromatic rings. The van der Waals surface area contributed by atoms with Gasteiger partial charge >= 0.3 is 46.0 Å². The van der Waals surface area contributed by atoms with Crippen LogP contribution in [-0.4, -0.2) is 105 Å². The summed E-state index contributed by atoms with van der Waals surface area (Å²) in [5.41, 5.74) is 5.42. The van der Waals surface area contributed by atoms with E-state index in [-0.39, 0.29) is 52.4 Å². The Morgan fingerprint density at radius 2 is 1.13 bits per heavy atom. The molecule has 0 unspecified atom stereocenters. The number of benzene rings is 4. The maximum absolute atomic E-state index is 13.1. The summed E-state index contributed by atoms with van der Waals surface area (Å²) in [7, 11) is -2.20. The number of carbonyl (C=O) groups excluding carboxylic acids is 3. The second-order valence-corrected chi connectivity index (χ2v) is 17.3. The average molecular weight is 1280 g/mol. The van der Waals surface area contributed by atoms with Crippen molar-refractivity contribution in [3.63, 3.8) is 0 Å². The molecule has 1 aromatic heterocycles. The molecule has 0 radical (unpaired) electrons. The number of hydrogen-bond acceptors (Lipinski definition) is 18. The number of aliphatic imine (C=N–C) groups is 1. The zero-order valence-electron chi connectivity index (χ0n) is 40.7. The van der Waals surface area contributed by atoms with Gasteiger partial charge in [-0.2, -0.15) is 13.4 Å². The minimum Gasteiger partial charge on any atom is -0.457 e. The van der Waals surface area contributed by atoms with Gasteiger partial charge in [-0.3, -0.25) is 29.8 Å². The van der Waals surface area contributed by atoms with Gasteiger partial charge < -0.3 is 24.7 Å². The van der Waals surface area contributed by atoms with Crippen molar-refractivity contribution in [2.45, 2.75) is 42.8 Å². The lowest BCUT2D eigenvalue weighted by Crippen LogP contribution is -2.42. The molecule has 0 atom stereocenters. The number of hydrogen-bond donors (Lipinski definition) is 6. The molecule has 0 saturated heterocycles. The number of methoxy groups -OCH3 is 2. The molecule has 35 heteroatoms. The highest BCUT2D eigenvalue weighted by molar-refractivity contribution is 9.08. The van der Waals surface area contributed by atoms with E-state index in [9.17, 15) is 59.1 Å². The molecular weight excluding hydrogens is 1230 g/mol. The Bertz CT molecular complexity index is 2870. The summed E-state index contributed by atoms with van der Waals surface area (Å²) in [4.78, 5) is 61.8. The van der Waals surface area contributed by atoms with E-state index >= 15 is 0 Å². The minimum atomic E-state index is -4.80. The van der Waals surface area contributed by atoms with E-state index in [2.05, 4.69) is 61.8 Å². The van der Waals surface area contributed by atoms with Gasteiger partial charge in [0.15, 0.2) is 15.5 Å². The van der Waals surface area contributed by atoms with E-state index < -0.39 is 51.8 Å². The lowest BCUT2D eigenvalue weighted by atomic mass is 10.2. The van der Waals surface area contributed by atoms with Crippen molar-refractivity contribution in [3.05, 3.63) is 152 Å². The highest BCUT2D eigenvalue weighted by atomic mass is 79.9. The van der Waals surface area contributed by atoms with E-state index in [1.165, 1.54) is 97.3 Å². The molecule has 0 spiro atoms. The fourth-order valence-electron chi connectivity index (χ4n) is 4.38. The molecule has 430 valence electrons. The smallest absolute Gasteiger partial charge is 0.457 e. The summed E-state index contributed by atoms with van der Waals surface area (Å²) < 4.78 is 147. The summed E-state index contributed by atoms with van der Waals surface area (Å²) in [5.74, 6) is -1.32. The van der Waals surface area contributed by atoms with E-state index in [0.29, 0.717) is 16.5 Å². The van der Waals surface area contributed by atoms with E-state index in [1.54, 1.807) is 43.0 Å². The first-order valence-electron chi connectivity index (χ1n) is 20.1. The van der Waals surface area contributed by atoms with Crippen LogP contribution in [0.25, 0.3) is 0 Å². The Labute approximate surface area is 465 Å². The maximum Gasteiger partial charge on any atom is 0.573 e. The molecule has 0 aliphatic carbocycles. The van der Waals surface area contributed by atoms with Gasteiger partial charge in [-0.05, 0) is 89.6 Å². The van der Waals surface area contributed by atoms with E-state index in [1.807, 2.05) is 0 Å². The molecular formula is C43H46BrClF8N8O13S4. The van der Waals surface area contributed by atoms with Gasteiger partial charge in [0.05, 0.1) is 33.9 Å². The Hall–Kier alpha value is -6.52. The van der Waals surface area contributed by atoms with Crippen molar-refractivity contribution < 1.29 is 86.0 Å². The molecule has 78 heavy (non-hydrogen) atoms. The lowest BCUT2D eigenvalue weighted by molar-refractivity contribution is -0.275. The maximum atomic E-state index is 13.1. The van der Waals surface area contributed by atoms with Crippen LogP contribution >= 0.6 is 62.8 Å². The zero-order chi connectivity index (χ0) is 60.2. The first-order valence-corrected chi connectivity index (χ1v) is 26.6. The third-order valence-electron chi connectivity index (χ3n) is 7.59. The molecule has 1 amide bonds. The summed E-state index contributed by atoms with van der Waals surface area (Å²) in [5, 5.41) is 16.6. The SMILES string of the molecule is COC(=O)Cl.COC(=O)NC(=N)SC.CSC(=N)N.CSc1nc(=O)n(Cc2ccc(F)cc2)c(=O)n1Cc1ccc(OC(F)(F)F)cc1.FC(F)(F)Oc1ccc(CBr)cc1.O=C=NCc1ccc(F)cc1.O=S(=O)(O)O. The number of isocyanates is 1. The van der Waals surface area contributed by atoms with Crippen LogP contribution in [0.2, 0.25) is 0 Å². The number of nitrogens with one attached hydrogen (secondary N) is 3. The number of ether oxygens (including phenoxy) is 4. The molecule has 0 aliphatic heterocycles. The van der Waals surface area contributed by atoms with Crippen molar-refractivity contribution in [3.8, 4) is 11.5 Å². The number of rotatable bonds is 10. The summed E-state index contributed by atoms with van der Waals surface area (Å²) in [6, 6.07) is 21.9. The topological polar surface area (TPSA) is 318 Å². The third-order valence-corrected chi connectivity index (χ3v) is 10.0. The van der Waals surface area contributed by atoms with Crippen LogP contribution in [-0.2, 0) is 49.6 Å². The normalized spacial score (nSPS) is 10.2. The Kier molecular flexibility index (Phi) is 36.7. The van der Waals surface area contributed by atoms with Gasteiger partial charge in [-0.25, -0.2) is 42.3 Å². The highest BCUT2D eigenvalue weighted by Gasteiger charge is 2.31. The van der Waals surface area contributed by atoms with Gasteiger partial charge in [-0.15, -0.1) is 26.3 Å². The number of thioether (sulfide) groups is 3. The predicted octanol–water partition coefficient (Wildman–Crippen LogP) is 9.62. The van der Waals surface area contributed by atoms with E-state index in [0.717, 1.165) is 51.4 Å². The van der Waals surface area contributed by atoms with Crippen LogP contribution in [0.4, 0.5) is 44.7 Å². The minimum absolute atomic E-state index is 0.0159. The largest absolute Gasteiger partial charge is 0.573 e. The fraction of sp³-hybridized carbons (Fsp3) is 0.256. The van der Waals surface area contributed by atoms with Crippen molar-refractivity contribution in [1.29, 1.82) is 10.8 Å². The van der Waals surface area contributed by atoms with Crippen LogP contribution in [0.15, 0.2) is 117 Å². The number of nitrogens with zero attached hydrogens (tertiary/aromatic N) is 4. The quantitative estimate of drug-likeness (QED) is 0.0111. The first-order chi connectivity index (χ1) is 36.2. The molecule has 0 saturated carbocycles. The van der Waals surface area contributed by atoms with E-state index in [4.69, 9.17) is 34.1 Å². The predicted molar refractivity (Wildman–Crippen MR) is 281 cm³/mol. The van der Waals surface area contributed by atoms with Crippen molar-refractivity contribution >= 4 is 101 Å². The van der Waals surface area contributed by atoms with Crippen molar-refractivity contribution in [2.24, 2.45) is 10.7 Å². The van der Waals surface area contributed by atoms with Crippen LogP contribution in [0.3, 0.4) is 0 Å². The number of alkyl carbamates (subject to hydrolysis) is 1. The van der Waals surface area contributed by atoms with Gasteiger partial charge in [0, 0.05) is 16.9 Å². The second-order valence-electron chi connectivity index (χ2n) is 13.1. The lowest BCUT2D eigenvalue weighted by Gasteiger charge is -2.14. The van der Waals surface area contributed by atoms with Crippen LogP contribution in [0.1, 0.15) is 22.3 Å². The molecule has 5 rings (SSSR count). The number of nitrogens with two attached hydrogens (primary N) is 1. The van der Waals surface area contributed by atoms with Gasteiger partial charge in [0.2, 0.25) is 6.08 Å². The Morgan fingerprint density at radius 1 is 0.756 bits per heavy atom. The number of aromatic nitrogens is 3. The van der Waals surface area contributed by atoms with Gasteiger partial charge in [-0.1, -0.05) is 99.7 Å². The summed E-state index contributed by atoms with van der Waals surface area (Å²) in [6.45, 7) is 0.153. The fourth-order valence-corrected chi connectivity index (χ4v) is 5.47. The Balaban J connectivity index is 0. The average Bonchev–Trinajstić information content (AvgIpc) is 3.36. The third kappa shape index (κ3) is 38.9. The monoisotopic (exact) mass is 1280 g/mol. The molecule has 1 heterocycles. The molecule has 4 aromatic carbocycles. The Morgan fingerprint density at radius 3 is 1.45 bits per heavy atom. The number of halogens is 10. The molecule has 0 bridgehead atoms. The molecule has 0 aliphatic rings. The second kappa shape index (κ2) is 38.9. The van der Waals surface area contributed by atoms with Gasteiger partial charge in [0.25, 0.3) is 0 Å². The zero-order valence-corrected chi connectivity index (χ0v) is 46.3. The number of amidine groups is 2. The summed E-state index contributed by atoms with van der Waals surface area (Å²) >= 11 is 11.2. The van der Waals surface area contributed by atoms with Crippen LogP contribution in [0.5, 0.6) is 11.5 Å². The van der Waals surface area contributed by atoms with Crippen LogP contribution < -0.4 is 31.9 Å². The number of alkyl halides is 7. The number of carbonyl (C=O) groups is 2. The first kappa shape index (κ1) is 73.6. The standard InChI is InChI=1S/C19H15F4N3O3S.C8H6BrF3O.C8H6FNO.C4H8N2O2S.C2H3ClO2.C2H6N2S.H2O4S/c1-30-17-24-16(27)25(10-12-2-6-14(20)7-3-12)18(28)26(17)11-13-4-8-15(9-5-13)29-19(21,22)23;9-5-6-1-3-7(4-2-6)13-8(10,11)12;9-8-3-1-7(2-4-8)5-10-6-11;1-8-4(7)6-3(5)9-2;2*1-5-2(3)4;1-5(2,3)4/h2-9H,10-11H2,1H3;1-4H,5H2;1-4H,5H2;1-2H3,(H2,5,6,7);1H3;1H3,(H3,3,4);(H2,1,2,3,4). The molecule has 7 N–H and O–H groups in total. The molecule has 21 nitrogen and oxygen atoms in total. The van der Waals surface area contributed by atoms with Crippen LogP contribution in [0, 0.1) is 22.5 Å². The van der Waals surface area contributed by atoms with Crippen molar-refractivity contribution in [2.75, 3.05) is 33.0 Å². The highest BCUT2D eigenvalue weighted by Crippen LogP contribution is 2.24. The number of amides is 1. The molecule has 0 fully saturated rings. The van der Waals surface area contributed by atoms with Crippen molar-refractivity contribution in [1.82, 2.24) is 19.4 Å². The van der Waals surface area contributed by atoms with Gasteiger partial charge in [0.1, 0.15) is 23.1 Å². The summed E-state index contributed by atoms with van der Waals surface area (Å²) in [6.07, 6.45) is -3.51.